The fraction of sp³-hybridized carbons (Fsp3) is 0.692. The van der Waals surface area contributed by atoms with E-state index >= 15 is 0 Å². The number of amides is 1. The average molecular weight is 252 g/mol. The number of aromatic nitrogens is 2. The molecular formula is C13H24N4O. The standard InChI is InChI=1S/C13H24N4O/c1-11(2)14-8-4-5-13(18)15-9-6-12-7-10-17(3)16-12/h7,10-11,14H,4-6,8-9H2,1-3H3,(H,15,18). The Morgan fingerprint density at radius 1 is 1.44 bits per heavy atom. The topological polar surface area (TPSA) is 59.0 Å². The molecule has 1 aromatic rings. The Morgan fingerprint density at radius 3 is 2.83 bits per heavy atom. The molecule has 0 spiro atoms. The van der Waals surface area contributed by atoms with E-state index in [2.05, 4.69) is 29.6 Å². The molecule has 1 rings (SSSR count). The zero-order valence-electron chi connectivity index (χ0n) is 11.6. The lowest BCUT2D eigenvalue weighted by Gasteiger charge is -2.07. The van der Waals surface area contributed by atoms with E-state index in [0.717, 1.165) is 25.1 Å². The summed E-state index contributed by atoms with van der Waals surface area (Å²) >= 11 is 0. The third kappa shape index (κ3) is 6.39. The summed E-state index contributed by atoms with van der Waals surface area (Å²) in [6.07, 6.45) is 4.17. The van der Waals surface area contributed by atoms with Crippen LogP contribution >= 0.6 is 0 Å². The smallest absolute Gasteiger partial charge is 0.220 e. The quantitative estimate of drug-likeness (QED) is 0.675. The summed E-state index contributed by atoms with van der Waals surface area (Å²) < 4.78 is 1.77. The van der Waals surface area contributed by atoms with Crippen molar-refractivity contribution < 1.29 is 4.79 Å². The summed E-state index contributed by atoms with van der Waals surface area (Å²) in [7, 11) is 1.89. The van der Waals surface area contributed by atoms with Crippen LogP contribution in [0.2, 0.25) is 0 Å². The van der Waals surface area contributed by atoms with Gasteiger partial charge in [0.1, 0.15) is 0 Å². The minimum absolute atomic E-state index is 0.122. The van der Waals surface area contributed by atoms with Gasteiger partial charge in [0.25, 0.3) is 0 Å². The summed E-state index contributed by atoms with van der Waals surface area (Å²) in [6.45, 7) is 5.76. The fourth-order valence-electron chi connectivity index (χ4n) is 1.65. The minimum atomic E-state index is 0.122. The zero-order chi connectivity index (χ0) is 13.4. The maximum atomic E-state index is 11.5. The molecular weight excluding hydrogens is 228 g/mol. The molecule has 1 heterocycles. The van der Waals surface area contributed by atoms with E-state index in [0.29, 0.717) is 19.0 Å². The summed E-state index contributed by atoms with van der Waals surface area (Å²) in [6, 6.07) is 2.45. The molecule has 1 aromatic heterocycles. The lowest BCUT2D eigenvalue weighted by molar-refractivity contribution is -0.121. The second-order valence-electron chi connectivity index (χ2n) is 4.79. The Labute approximate surface area is 109 Å². The van der Waals surface area contributed by atoms with Gasteiger partial charge in [-0.3, -0.25) is 9.48 Å². The lowest BCUT2D eigenvalue weighted by Crippen LogP contribution is -2.28. The van der Waals surface area contributed by atoms with E-state index in [-0.39, 0.29) is 5.91 Å². The maximum absolute atomic E-state index is 11.5. The summed E-state index contributed by atoms with van der Waals surface area (Å²) in [5, 5.41) is 10.5. The number of carbonyl (C=O) groups is 1. The Kier molecular flexibility index (Phi) is 6.43. The van der Waals surface area contributed by atoms with Crippen molar-refractivity contribution in [2.24, 2.45) is 7.05 Å². The third-order valence-electron chi connectivity index (χ3n) is 2.61. The average Bonchev–Trinajstić information content (AvgIpc) is 2.70. The molecule has 0 radical (unpaired) electrons. The number of aryl methyl sites for hydroxylation is 1. The Bertz CT molecular complexity index is 360. The second kappa shape index (κ2) is 7.87. The van der Waals surface area contributed by atoms with Crippen LogP contribution in [-0.4, -0.2) is 34.8 Å². The fourth-order valence-corrected chi connectivity index (χ4v) is 1.65. The van der Waals surface area contributed by atoms with E-state index in [1.165, 1.54) is 0 Å². The Hall–Kier alpha value is -1.36. The largest absolute Gasteiger partial charge is 0.356 e. The van der Waals surface area contributed by atoms with Crippen LogP contribution in [0.1, 0.15) is 32.4 Å². The molecule has 5 nitrogen and oxygen atoms in total. The van der Waals surface area contributed by atoms with Crippen LogP contribution in [-0.2, 0) is 18.3 Å². The van der Waals surface area contributed by atoms with Crippen LogP contribution in [0.25, 0.3) is 0 Å². The molecule has 0 saturated carbocycles. The van der Waals surface area contributed by atoms with Crippen LogP contribution in [0.4, 0.5) is 0 Å². The highest BCUT2D eigenvalue weighted by molar-refractivity contribution is 5.75. The monoisotopic (exact) mass is 252 g/mol. The van der Waals surface area contributed by atoms with Gasteiger partial charge in [0.15, 0.2) is 0 Å². The number of hydrogen-bond donors (Lipinski definition) is 2. The highest BCUT2D eigenvalue weighted by Gasteiger charge is 2.02. The molecule has 0 bridgehead atoms. The van der Waals surface area contributed by atoms with Crippen LogP contribution < -0.4 is 10.6 Å². The van der Waals surface area contributed by atoms with Crippen LogP contribution in [0.3, 0.4) is 0 Å². The molecule has 2 N–H and O–H groups in total. The molecule has 0 fully saturated rings. The maximum Gasteiger partial charge on any atom is 0.220 e. The van der Waals surface area contributed by atoms with Gasteiger partial charge in [0, 0.05) is 38.7 Å². The third-order valence-corrected chi connectivity index (χ3v) is 2.61. The van der Waals surface area contributed by atoms with Gasteiger partial charge in [-0.15, -0.1) is 0 Å². The normalized spacial score (nSPS) is 10.9. The summed E-state index contributed by atoms with van der Waals surface area (Å²) in [5.74, 6) is 0.122. The van der Waals surface area contributed by atoms with Gasteiger partial charge in [-0.05, 0) is 19.0 Å². The molecule has 0 aliphatic carbocycles. The first-order valence-corrected chi connectivity index (χ1v) is 6.56. The van der Waals surface area contributed by atoms with E-state index in [4.69, 9.17) is 0 Å². The van der Waals surface area contributed by atoms with Crippen molar-refractivity contribution in [1.29, 1.82) is 0 Å². The van der Waals surface area contributed by atoms with Crippen molar-refractivity contribution in [1.82, 2.24) is 20.4 Å². The van der Waals surface area contributed by atoms with Gasteiger partial charge in [0.2, 0.25) is 5.91 Å². The van der Waals surface area contributed by atoms with Gasteiger partial charge in [-0.25, -0.2) is 0 Å². The lowest BCUT2D eigenvalue weighted by atomic mass is 10.2. The van der Waals surface area contributed by atoms with Gasteiger partial charge >= 0.3 is 0 Å². The second-order valence-corrected chi connectivity index (χ2v) is 4.79. The van der Waals surface area contributed by atoms with Crippen molar-refractivity contribution in [2.75, 3.05) is 13.1 Å². The molecule has 102 valence electrons. The molecule has 0 unspecified atom stereocenters. The molecule has 18 heavy (non-hydrogen) atoms. The van der Waals surface area contributed by atoms with Gasteiger partial charge < -0.3 is 10.6 Å². The van der Waals surface area contributed by atoms with Crippen LogP contribution in [0.15, 0.2) is 12.3 Å². The van der Waals surface area contributed by atoms with Gasteiger partial charge in [-0.1, -0.05) is 13.8 Å². The summed E-state index contributed by atoms with van der Waals surface area (Å²) in [4.78, 5) is 11.5. The van der Waals surface area contributed by atoms with E-state index in [1.807, 2.05) is 19.3 Å². The molecule has 0 aromatic carbocycles. The number of rotatable bonds is 8. The highest BCUT2D eigenvalue weighted by atomic mass is 16.1. The number of nitrogens with zero attached hydrogens (tertiary/aromatic N) is 2. The number of carbonyl (C=O) groups excluding carboxylic acids is 1. The van der Waals surface area contributed by atoms with Crippen LogP contribution in [0, 0.1) is 0 Å². The van der Waals surface area contributed by atoms with Crippen molar-refractivity contribution >= 4 is 5.91 Å². The predicted molar refractivity (Wildman–Crippen MR) is 72.3 cm³/mol. The van der Waals surface area contributed by atoms with Gasteiger partial charge in [-0.2, -0.15) is 5.10 Å². The highest BCUT2D eigenvalue weighted by Crippen LogP contribution is 1.94. The van der Waals surface area contributed by atoms with Crippen LogP contribution in [0.5, 0.6) is 0 Å². The van der Waals surface area contributed by atoms with Crippen molar-refractivity contribution in [3.8, 4) is 0 Å². The summed E-state index contributed by atoms with van der Waals surface area (Å²) in [5.41, 5.74) is 1.01. The molecule has 5 heteroatoms. The number of nitrogens with one attached hydrogen (secondary N) is 2. The molecule has 1 amide bonds. The molecule has 0 saturated heterocycles. The zero-order valence-corrected chi connectivity index (χ0v) is 11.6. The van der Waals surface area contributed by atoms with Crippen molar-refractivity contribution in [3.05, 3.63) is 18.0 Å². The van der Waals surface area contributed by atoms with Crippen molar-refractivity contribution in [3.63, 3.8) is 0 Å². The SMILES string of the molecule is CC(C)NCCCC(=O)NCCc1ccn(C)n1. The minimum Gasteiger partial charge on any atom is -0.356 e. The Morgan fingerprint density at radius 2 is 2.22 bits per heavy atom. The molecule has 0 aliphatic heterocycles. The van der Waals surface area contributed by atoms with Gasteiger partial charge in [0.05, 0.1) is 5.69 Å². The number of hydrogen-bond acceptors (Lipinski definition) is 3. The Balaban J connectivity index is 2.03. The van der Waals surface area contributed by atoms with E-state index in [1.54, 1.807) is 4.68 Å². The van der Waals surface area contributed by atoms with Crippen molar-refractivity contribution in [2.45, 2.75) is 39.2 Å². The van der Waals surface area contributed by atoms with E-state index in [9.17, 15) is 4.79 Å². The first-order chi connectivity index (χ1) is 8.58. The molecule has 0 atom stereocenters. The first-order valence-electron chi connectivity index (χ1n) is 6.56. The predicted octanol–water partition coefficient (Wildman–Crippen LogP) is 0.857. The first kappa shape index (κ1) is 14.7. The van der Waals surface area contributed by atoms with E-state index < -0.39 is 0 Å². The molecule has 0 aliphatic rings.